The normalized spacial score (nSPS) is 15.1. The van der Waals surface area contributed by atoms with Gasteiger partial charge in [-0.25, -0.2) is 9.78 Å². The molecule has 0 spiro atoms. The fraction of sp³-hybridized carbons (Fsp3) is 0.429. The van der Waals surface area contributed by atoms with Gasteiger partial charge in [0.1, 0.15) is 5.82 Å². The lowest BCUT2D eigenvalue weighted by Crippen LogP contribution is -2.46. The van der Waals surface area contributed by atoms with E-state index < -0.39 is 0 Å². The summed E-state index contributed by atoms with van der Waals surface area (Å²) in [6, 6.07) is 10.5. The Morgan fingerprint density at radius 1 is 1.08 bits per heavy atom. The van der Waals surface area contributed by atoms with Crippen molar-refractivity contribution in [3.63, 3.8) is 0 Å². The van der Waals surface area contributed by atoms with Crippen molar-refractivity contribution in [2.24, 2.45) is 0 Å². The maximum absolute atomic E-state index is 11.7. The van der Waals surface area contributed by atoms with Crippen LogP contribution in [0, 0.1) is 13.8 Å². The molecule has 0 aliphatic carbocycles. The number of ether oxygens (including phenoxy) is 1. The molecule has 0 bridgehead atoms. The van der Waals surface area contributed by atoms with Gasteiger partial charge in [0, 0.05) is 38.9 Å². The first-order chi connectivity index (χ1) is 12.5. The number of piperazine rings is 1. The highest BCUT2D eigenvalue weighted by Crippen LogP contribution is 2.17. The molecule has 0 radical (unpaired) electrons. The zero-order valence-corrected chi connectivity index (χ0v) is 15.9. The highest BCUT2D eigenvalue weighted by atomic mass is 16.5. The van der Waals surface area contributed by atoms with Gasteiger partial charge in [0.05, 0.1) is 12.2 Å². The number of carbonyl (C=O) groups is 1. The van der Waals surface area contributed by atoms with Crippen LogP contribution >= 0.6 is 0 Å². The molecule has 26 heavy (non-hydrogen) atoms. The molecule has 138 valence electrons. The van der Waals surface area contributed by atoms with E-state index in [1.54, 1.807) is 19.2 Å². The monoisotopic (exact) mass is 353 g/mol. The SMILES string of the molecule is CCOC(=O)c1ccc(N2CCN(Cc3cc(C)cc(C)c3)CC2)nc1. The van der Waals surface area contributed by atoms with Crippen LogP contribution in [0.4, 0.5) is 5.82 Å². The topological polar surface area (TPSA) is 45.7 Å². The molecule has 1 aliphatic heterocycles. The number of nitrogens with zero attached hydrogens (tertiary/aromatic N) is 3. The molecule has 5 heteroatoms. The molecule has 1 aromatic carbocycles. The fourth-order valence-electron chi connectivity index (χ4n) is 3.46. The van der Waals surface area contributed by atoms with Crippen molar-refractivity contribution >= 4 is 11.8 Å². The van der Waals surface area contributed by atoms with Crippen LogP contribution in [0.2, 0.25) is 0 Å². The molecule has 0 N–H and O–H groups in total. The first-order valence-corrected chi connectivity index (χ1v) is 9.23. The molecular weight excluding hydrogens is 326 g/mol. The number of benzene rings is 1. The highest BCUT2D eigenvalue weighted by Gasteiger charge is 2.18. The molecule has 1 aromatic heterocycles. The molecule has 1 fully saturated rings. The van der Waals surface area contributed by atoms with Crippen molar-refractivity contribution in [2.75, 3.05) is 37.7 Å². The number of hydrogen-bond acceptors (Lipinski definition) is 5. The van der Waals surface area contributed by atoms with Gasteiger partial charge in [0.15, 0.2) is 0 Å². The van der Waals surface area contributed by atoms with E-state index in [-0.39, 0.29) is 5.97 Å². The van der Waals surface area contributed by atoms with Crippen molar-refractivity contribution in [3.05, 3.63) is 58.8 Å². The van der Waals surface area contributed by atoms with Crippen molar-refractivity contribution in [3.8, 4) is 0 Å². The van der Waals surface area contributed by atoms with Gasteiger partial charge < -0.3 is 9.64 Å². The highest BCUT2D eigenvalue weighted by molar-refractivity contribution is 5.89. The molecule has 1 aliphatic rings. The quantitative estimate of drug-likeness (QED) is 0.773. The zero-order chi connectivity index (χ0) is 18.5. The van der Waals surface area contributed by atoms with Crippen LogP contribution in [0.1, 0.15) is 34.0 Å². The van der Waals surface area contributed by atoms with Crippen LogP contribution in [-0.2, 0) is 11.3 Å². The van der Waals surface area contributed by atoms with Crippen LogP contribution in [0.5, 0.6) is 0 Å². The summed E-state index contributed by atoms with van der Waals surface area (Å²) in [6.07, 6.45) is 1.61. The van der Waals surface area contributed by atoms with Gasteiger partial charge in [-0.05, 0) is 38.5 Å². The Labute approximate surface area is 155 Å². The van der Waals surface area contributed by atoms with Crippen LogP contribution in [0.15, 0.2) is 36.5 Å². The number of carbonyl (C=O) groups excluding carboxylic acids is 1. The van der Waals surface area contributed by atoms with Crippen molar-refractivity contribution in [2.45, 2.75) is 27.3 Å². The standard InChI is InChI=1S/C21H27N3O2/c1-4-26-21(25)19-5-6-20(22-14-19)24-9-7-23(8-10-24)15-18-12-16(2)11-17(3)13-18/h5-6,11-14H,4,7-10,15H2,1-3H3. The molecule has 3 rings (SSSR count). The van der Waals surface area contributed by atoms with E-state index >= 15 is 0 Å². The number of aromatic nitrogens is 1. The number of rotatable bonds is 5. The van der Waals surface area contributed by atoms with E-state index in [9.17, 15) is 4.79 Å². The predicted molar refractivity (Wildman–Crippen MR) is 104 cm³/mol. The summed E-state index contributed by atoms with van der Waals surface area (Å²) in [4.78, 5) is 20.9. The van der Waals surface area contributed by atoms with E-state index in [4.69, 9.17) is 4.74 Å². The molecule has 1 saturated heterocycles. The van der Waals surface area contributed by atoms with E-state index in [1.165, 1.54) is 16.7 Å². The Bertz CT molecular complexity index is 730. The number of pyridine rings is 1. The van der Waals surface area contributed by atoms with Gasteiger partial charge in [-0.2, -0.15) is 0 Å². The number of esters is 1. The van der Waals surface area contributed by atoms with Gasteiger partial charge in [-0.15, -0.1) is 0 Å². The van der Waals surface area contributed by atoms with Gasteiger partial charge >= 0.3 is 5.97 Å². The average molecular weight is 353 g/mol. The molecule has 0 atom stereocenters. The maximum atomic E-state index is 11.7. The van der Waals surface area contributed by atoms with Crippen molar-refractivity contribution < 1.29 is 9.53 Å². The van der Waals surface area contributed by atoms with Crippen LogP contribution in [0.25, 0.3) is 0 Å². The average Bonchev–Trinajstić information content (AvgIpc) is 2.62. The van der Waals surface area contributed by atoms with E-state index in [2.05, 4.69) is 46.8 Å². The minimum Gasteiger partial charge on any atom is -0.462 e. The molecule has 0 unspecified atom stereocenters. The van der Waals surface area contributed by atoms with Crippen molar-refractivity contribution in [1.29, 1.82) is 0 Å². The number of anilines is 1. The maximum Gasteiger partial charge on any atom is 0.339 e. The van der Waals surface area contributed by atoms with Crippen LogP contribution in [0.3, 0.4) is 0 Å². The third-order valence-electron chi connectivity index (χ3n) is 4.64. The fourth-order valence-corrected chi connectivity index (χ4v) is 3.46. The van der Waals surface area contributed by atoms with E-state index in [1.807, 2.05) is 6.07 Å². The Morgan fingerprint density at radius 3 is 2.35 bits per heavy atom. The Kier molecular flexibility index (Phi) is 5.89. The van der Waals surface area contributed by atoms with E-state index in [0.29, 0.717) is 12.2 Å². The minimum atomic E-state index is -0.315. The van der Waals surface area contributed by atoms with Gasteiger partial charge in [0.25, 0.3) is 0 Å². The van der Waals surface area contributed by atoms with E-state index in [0.717, 1.165) is 38.5 Å². The Balaban J connectivity index is 1.55. The predicted octanol–water partition coefficient (Wildman–Crippen LogP) is 3.20. The number of aryl methyl sites for hydroxylation is 2. The largest absolute Gasteiger partial charge is 0.462 e. The molecule has 2 heterocycles. The van der Waals surface area contributed by atoms with Gasteiger partial charge in [-0.1, -0.05) is 29.3 Å². The first-order valence-electron chi connectivity index (χ1n) is 9.23. The lowest BCUT2D eigenvalue weighted by Gasteiger charge is -2.35. The molecule has 5 nitrogen and oxygen atoms in total. The summed E-state index contributed by atoms with van der Waals surface area (Å²) in [5.41, 5.74) is 4.53. The summed E-state index contributed by atoms with van der Waals surface area (Å²) in [5.74, 6) is 0.605. The van der Waals surface area contributed by atoms with Crippen LogP contribution in [-0.4, -0.2) is 48.6 Å². The smallest absolute Gasteiger partial charge is 0.339 e. The summed E-state index contributed by atoms with van der Waals surface area (Å²) < 4.78 is 5.00. The zero-order valence-electron chi connectivity index (χ0n) is 15.9. The summed E-state index contributed by atoms with van der Waals surface area (Å²) in [6.45, 7) is 11.4. The Hall–Kier alpha value is -2.40. The molecule has 2 aromatic rings. The van der Waals surface area contributed by atoms with Gasteiger partial charge in [-0.3, -0.25) is 4.90 Å². The minimum absolute atomic E-state index is 0.315. The summed E-state index contributed by atoms with van der Waals surface area (Å²) in [5, 5.41) is 0. The van der Waals surface area contributed by atoms with Crippen LogP contribution < -0.4 is 4.90 Å². The third kappa shape index (κ3) is 4.61. The molecular formula is C21H27N3O2. The lowest BCUT2D eigenvalue weighted by atomic mass is 10.1. The third-order valence-corrected chi connectivity index (χ3v) is 4.64. The summed E-state index contributed by atoms with van der Waals surface area (Å²) in [7, 11) is 0. The van der Waals surface area contributed by atoms with Crippen molar-refractivity contribution in [1.82, 2.24) is 9.88 Å². The second kappa shape index (κ2) is 8.32. The molecule has 0 saturated carbocycles. The summed E-state index contributed by atoms with van der Waals surface area (Å²) >= 11 is 0. The lowest BCUT2D eigenvalue weighted by molar-refractivity contribution is 0.0526. The second-order valence-corrected chi connectivity index (χ2v) is 6.88. The van der Waals surface area contributed by atoms with Gasteiger partial charge in [0.2, 0.25) is 0 Å². The Morgan fingerprint density at radius 2 is 1.77 bits per heavy atom. The number of hydrogen-bond donors (Lipinski definition) is 0. The second-order valence-electron chi connectivity index (χ2n) is 6.88. The molecule has 0 amide bonds. The first kappa shape index (κ1) is 18.4.